The van der Waals surface area contributed by atoms with E-state index in [4.69, 9.17) is 17.0 Å². The second kappa shape index (κ2) is 3.13. The van der Waals surface area contributed by atoms with Crippen LogP contribution in [0.5, 0.6) is 0 Å². The van der Waals surface area contributed by atoms with Gasteiger partial charge in [-0.1, -0.05) is 24.0 Å². The summed E-state index contributed by atoms with van der Waals surface area (Å²) in [6.45, 7) is 3.43. The highest BCUT2D eigenvalue weighted by molar-refractivity contribution is 8.23. The normalized spacial score (nSPS) is 33.2. The molecule has 0 amide bonds. The van der Waals surface area contributed by atoms with E-state index in [1.165, 1.54) is 0 Å². The summed E-state index contributed by atoms with van der Waals surface area (Å²) in [5.41, 5.74) is -0.117. The highest BCUT2D eigenvalue weighted by Crippen LogP contribution is 2.39. The Labute approximate surface area is 86.8 Å². The summed E-state index contributed by atoms with van der Waals surface area (Å²) in [5, 5.41) is 0. The van der Waals surface area contributed by atoms with Crippen LogP contribution in [-0.4, -0.2) is 39.6 Å². The lowest BCUT2D eigenvalue weighted by Gasteiger charge is -2.31. The van der Waals surface area contributed by atoms with Crippen LogP contribution < -0.4 is 0 Å². The zero-order valence-corrected chi connectivity index (χ0v) is 9.04. The molecule has 0 aromatic rings. The van der Waals surface area contributed by atoms with E-state index in [1.54, 1.807) is 11.8 Å². The molecule has 1 spiro atoms. The van der Waals surface area contributed by atoms with Crippen LogP contribution in [0.2, 0.25) is 0 Å². The van der Waals surface area contributed by atoms with Gasteiger partial charge in [0.05, 0.1) is 12.0 Å². The van der Waals surface area contributed by atoms with Crippen molar-refractivity contribution in [3.8, 4) is 0 Å². The zero-order valence-electron chi connectivity index (χ0n) is 7.41. The first-order chi connectivity index (χ1) is 6.18. The number of hydrogen-bond acceptors (Lipinski definition) is 4. The van der Waals surface area contributed by atoms with Gasteiger partial charge >= 0.3 is 5.97 Å². The van der Waals surface area contributed by atoms with Crippen molar-refractivity contribution >= 4 is 34.3 Å². The summed E-state index contributed by atoms with van der Waals surface area (Å²) in [5.74, 6) is 0.801. The van der Waals surface area contributed by atoms with Crippen molar-refractivity contribution in [2.75, 3.05) is 18.9 Å². The number of ether oxygens (including phenoxy) is 1. The Bertz CT molecular complexity index is 265. The van der Waals surface area contributed by atoms with E-state index >= 15 is 0 Å². The second-order valence-electron chi connectivity index (χ2n) is 3.36. The Kier molecular flexibility index (Phi) is 2.23. The zero-order chi connectivity index (χ0) is 9.47. The molecule has 1 unspecified atom stereocenters. The molecule has 0 N–H and O–H groups in total. The number of hydrogen-bond donors (Lipinski definition) is 0. The SMILES string of the molecule is CCN1C(=S)SCC12COC(=O)C2. The molecule has 2 aliphatic heterocycles. The first-order valence-corrected chi connectivity index (χ1v) is 5.67. The predicted octanol–water partition coefficient (Wildman–Crippen LogP) is 1.03. The van der Waals surface area contributed by atoms with Crippen molar-refractivity contribution in [3.05, 3.63) is 0 Å². The lowest BCUT2D eigenvalue weighted by molar-refractivity contribution is -0.137. The smallest absolute Gasteiger partial charge is 0.308 e. The molecule has 13 heavy (non-hydrogen) atoms. The fourth-order valence-electron chi connectivity index (χ4n) is 1.86. The number of nitrogens with zero attached hydrogens (tertiary/aromatic N) is 1. The summed E-state index contributed by atoms with van der Waals surface area (Å²) in [4.78, 5) is 13.2. The molecule has 0 aromatic heterocycles. The van der Waals surface area contributed by atoms with E-state index in [-0.39, 0.29) is 11.5 Å². The van der Waals surface area contributed by atoms with Crippen molar-refractivity contribution in [2.45, 2.75) is 18.9 Å². The molecule has 0 aliphatic carbocycles. The van der Waals surface area contributed by atoms with Gasteiger partial charge in [0.2, 0.25) is 0 Å². The van der Waals surface area contributed by atoms with Crippen molar-refractivity contribution in [3.63, 3.8) is 0 Å². The minimum absolute atomic E-state index is 0.0937. The Morgan fingerprint density at radius 1 is 1.77 bits per heavy atom. The Morgan fingerprint density at radius 3 is 3.08 bits per heavy atom. The number of carbonyl (C=O) groups excluding carboxylic acids is 1. The Balaban J connectivity index is 2.23. The number of carbonyl (C=O) groups is 1. The number of thioether (sulfide) groups is 1. The molecule has 2 heterocycles. The Hall–Kier alpha value is -0.290. The Morgan fingerprint density at radius 2 is 2.54 bits per heavy atom. The van der Waals surface area contributed by atoms with Gasteiger partial charge in [-0.2, -0.15) is 0 Å². The maximum atomic E-state index is 11.1. The molecule has 1 atom stereocenters. The lowest BCUT2D eigenvalue weighted by Crippen LogP contribution is -2.47. The number of thiocarbonyl (C=S) groups is 1. The van der Waals surface area contributed by atoms with Gasteiger partial charge in [-0.25, -0.2) is 0 Å². The third-order valence-electron chi connectivity index (χ3n) is 2.55. The van der Waals surface area contributed by atoms with Gasteiger partial charge in [0, 0.05) is 12.3 Å². The molecule has 0 saturated carbocycles. The number of esters is 1. The molecule has 2 fully saturated rings. The van der Waals surface area contributed by atoms with Gasteiger partial charge < -0.3 is 9.64 Å². The van der Waals surface area contributed by atoms with E-state index in [0.717, 1.165) is 16.6 Å². The topological polar surface area (TPSA) is 29.5 Å². The summed E-state index contributed by atoms with van der Waals surface area (Å²) < 4.78 is 5.92. The standard InChI is InChI=1S/C8H11NO2S2/c1-2-9-7(12)13-5-8(9)3-6(10)11-4-8/h2-5H2,1H3. The van der Waals surface area contributed by atoms with Gasteiger partial charge in [0.15, 0.2) is 0 Å². The third-order valence-corrected chi connectivity index (χ3v) is 4.27. The minimum atomic E-state index is -0.117. The van der Waals surface area contributed by atoms with Gasteiger partial charge in [-0.3, -0.25) is 4.79 Å². The van der Waals surface area contributed by atoms with E-state index < -0.39 is 0 Å². The number of cyclic esters (lactones) is 1. The molecular weight excluding hydrogens is 206 g/mol. The number of rotatable bonds is 1. The average Bonchev–Trinajstić information content (AvgIpc) is 2.59. The fourth-order valence-corrected chi connectivity index (χ4v) is 3.57. The van der Waals surface area contributed by atoms with Crippen LogP contribution in [0.4, 0.5) is 0 Å². The van der Waals surface area contributed by atoms with E-state index in [0.29, 0.717) is 13.0 Å². The summed E-state index contributed by atoms with van der Waals surface area (Å²) in [6, 6.07) is 0. The molecule has 5 heteroatoms. The van der Waals surface area contributed by atoms with Crippen LogP contribution in [0.15, 0.2) is 0 Å². The quantitative estimate of drug-likeness (QED) is 0.483. The van der Waals surface area contributed by atoms with Crippen LogP contribution in [-0.2, 0) is 9.53 Å². The van der Waals surface area contributed by atoms with Crippen LogP contribution >= 0.6 is 24.0 Å². The highest BCUT2D eigenvalue weighted by Gasteiger charge is 2.49. The summed E-state index contributed by atoms with van der Waals surface area (Å²) in [6.07, 6.45) is 0.494. The van der Waals surface area contributed by atoms with Crippen LogP contribution in [0, 0.1) is 0 Å². The average molecular weight is 217 g/mol. The second-order valence-corrected chi connectivity index (χ2v) is 4.97. The first-order valence-electron chi connectivity index (χ1n) is 4.28. The van der Waals surface area contributed by atoms with Crippen LogP contribution in [0.25, 0.3) is 0 Å². The predicted molar refractivity (Wildman–Crippen MR) is 55.7 cm³/mol. The lowest BCUT2D eigenvalue weighted by atomic mass is 9.99. The van der Waals surface area contributed by atoms with Gasteiger partial charge in [-0.05, 0) is 6.92 Å². The van der Waals surface area contributed by atoms with E-state index in [9.17, 15) is 4.79 Å². The maximum Gasteiger partial charge on any atom is 0.308 e. The van der Waals surface area contributed by atoms with Gasteiger partial charge in [-0.15, -0.1) is 0 Å². The van der Waals surface area contributed by atoms with Crippen LogP contribution in [0.3, 0.4) is 0 Å². The van der Waals surface area contributed by atoms with Gasteiger partial charge in [0.1, 0.15) is 10.9 Å². The van der Waals surface area contributed by atoms with E-state index in [1.807, 2.05) is 0 Å². The first kappa shape index (κ1) is 9.27. The molecule has 2 rings (SSSR count). The summed E-state index contributed by atoms with van der Waals surface area (Å²) >= 11 is 6.86. The molecule has 72 valence electrons. The summed E-state index contributed by atoms with van der Waals surface area (Å²) in [7, 11) is 0. The van der Waals surface area contributed by atoms with Gasteiger partial charge in [0.25, 0.3) is 0 Å². The van der Waals surface area contributed by atoms with Crippen molar-refractivity contribution in [1.82, 2.24) is 4.90 Å². The molecular formula is C8H11NO2S2. The molecule has 2 aliphatic rings. The minimum Gasteiger partial charge on any atom is -0.463 e. The maximum absolute atomic E-state index is 11.1. The highest BCUT2D eigenvalue weighted by atomic mass is 32.2. The van der Waals surface area contributed by atoms with Crippen LogP contribution in [0.1, 0.15) is 13.3 Å². The fraction of sp³-hybridized carbons (Fsp3) is 0.750. The van der Waals surface area contributed by atoms with E-state index in [2.05, 4.69) is 11.8 Å². The largest absolute Gasteiger partial charge is 0.463 e. The van der Waals surface area contributed by atoms with Crippen molar-refractivity contribution in [1.29, 1.82) is 0 Å². The molecule has 0 aromatic carbocycles. The number of likely N-dealkylation sites (N-methyl/N-ethyl adjacent to an activating group) is 1. The molecule has 0 bridgehead atoms. The van der Waals surface area contributed by atoms with Crippen molar-refractivity contribution < 1.29 is 9.53 Å². The molecule has 2 saturated heterocycles. The van der Waals surface area contributed by atoms with Crippen molar-refractivity contribution in [2.24, 2.45) is 0 Å². The monoisotopic (exact) mass is 217 g/mol. The molecule has 0 radical (unpaired) electrons. The molecule has 3 nitrogen and oxygen atoms in total. The third kappa shape index (κ3) is 1.34.